The Balaban J connectivity index is 1.47. The van der Waals surface area contributed by atoms with Gasteiger partial charge in [-0.2, -0.15) is 5.10 Å². The number of aromatic nitrogens is 3. The number of nitrogens with one attached hydrogen (secondary N) is 3. The van der Waals surface area contributed by atoms with Gasteiger partial charge in [0.05, 0.1) is 6.04 Å². The molecule has 1 aromatic heterocycles. The Morgan fingerprint density at radius 2 is 2.16 bits per heavy atom. The predicted molar refractivity (Wildman–Crippen MR) is 94.0 cm³/mol. The lowest BCUT2D eigenvalue weighted by atomic mass is 10.2. The monoisotopic (exact) mass is 344 g/mol. The number of benzene rings is 1. The molecule has 2 amide bonds. The third-order valence-corrected chi connectivity index (χ3v) is 4.51. The van der Waals surface area contributed by atoms with Gasteiger partial charge in [0.1, 0.15) is 0 Å². The predicted octanol–water partition coefficient (Wildman–Crippen LogP) is 0.743. The molecule has 2 aromatic rings. The second-order valence-electron chi connectivity index (χ2n) is 6.49. The fraction of sp³-hybridized carbons (Fsp3) is 0.471. The minimum absolute atomic E-state index is 0.124. The molecule has 3 N–H and O–H groups in total. The van der Waals surface area contributed by atoms with Crippen molar-refractivity contribution in [3.8, 4) is 0 Å². The van der Waals surface area contributed by atoms with Crippen LogP contribution in [0.25, 0.3) is 0 Å². The Hall–Kier alpha value is -2.61. The van der Waals surface area contributed by atoms with Crippen LogP contribution < -0.4 is 16.3 Å². The van der Waals surface area contributed by atoms with Gasteiger partial charge in [0.15, 0.2) is 5.82 Å². The average molecular weight is 344 g/mol. The van der Waals surface area contributed by atoms with Gasteiger partial charge in [-0.1, -0.05) is 30.3 Å². The number of H-pyrrole nitrogens is 1. The molecule has 0 bridgehead atoms. The van der Waals surface area contributed by atoms with E-state index in [-0.39, 0.29) is 23.8 Å². The summed E-state index contributed by atoms with van der Waals surface area (Å²) in [4.78, 5) is 25.9. The second kappa shape index (κ2) is 7.52. The summed E-state index contributed by atoms with van der Waals surface area (Å²) >= 11 is 0. The van der Waals surface area contributed by atoms with Gasteiger partial charge in [0.25, 0.3) is 0 Å². The van der Waals surface area contributed by atoms with Gasteiger partial charge in [-0.15, -0.1) is 0 Å². The van der Waals surface area contributed by atoms with Crippen LogP contribution in [0.15, 0.2) is 35.1 Å². The Morgan fingerprint density at radius 1 is 1.40 bits per heavy atom. The first-order chi connectivity index (χ1) is 12.0. The Morgan fingerprint density at radius 3 is 2.84 bits per heavy atom. The molecule has 0 unspecified atom stereocenters. The lowest BCUT2D eigenvalue weighted by Gasteiger charge is -2.18. The maximum Gasteiger partial charge on any atom is 0.343 e. The van der Waals surface area contributed by atoms with E-state index in [4.69, 9.17) is 0 Å². The maximum absolute atomic E-state index is 12.2. The summed E-state index contributed by atoms with van der Waals surface area (Å²) in [6, 6.07) is 9.85. The molecular formula is C17H24N6O2. The van der Waals surface area contributed by atoms with E-state index in [2.05, 4.69) is 37.9 Å². The van der Waals surface area contributed by atoms with Crippen molar-refractivity contribution in [1.82, 2.24) is 30.3 Å². The van der Waals surface area contributed by atoms with Gasteiger partial charge in [0, 0.05) is 32.7 Å². The number of nitrogens with zero attached hydrogens (tertiary/aromatic N) is 3. The van der Waals surface area contributed by atoms with Crippen LogP contribution in [0.3, 0.4) is 0 Å². The van der Waals surface area contributed by atoms with E-state index in [1.807, 2.05) is 18.2 Å². The molecule has 1 aliphatic heterocycles. The maximum atomic E-state index is 12.2. The molecule has 3 rings (SSSR count). The van der Waals surface area contributed by atoms with E-state index in [1.54, 1.807) is 14.0 Å². The zero-order valence-corrected chi connectivity index (χ0v) is 14.5. The molecule has 2 heterocycles. The minimum atomic E-state index is -0.356. The number of rotatable bonds is 5. The van der Waals surface area contributed by atoms with E-state index in [1.165, 1.54) is 10.1 Å². The molecule has 2 atom stereocenters. The molecule has 25 heavy (non-hydrogen) atoms. The van der Waals surface area contributed by atoms with E-state index >= 15 is 0 Å². The average Bonchev–Trinajstić information content (AvgIpc) is 3.15. The Kier molecular flexibility index (Phi) is 5.18. The SMILES string of the molecule is C[C@@H](NC(=O)N[C@H]1CCN(Cc2ccccc2)C1)c1n[nH]c(=O)n1C. The molecule has 0 spiro atoms. The van der Waals surface area contributed by atoms with E-state index in [0.29, 0.717) is 5.82 Å². The largest absolute Gasteiger partial charge is 0.343 e. The standard InChI is InChI=1S/C17H24N6O2/c1-12(15-20-21-17(25)22(15)2)18-16(24)19-14-8-9-23(11-14)10-13-6-4-3-5-7-13/h3-7,12,14H,8-11H2,1-2H3,(H,21,25)(H2,18,19,24)/t12-,14+/m1/s1. The van der Waals surface area contributed by atoms with Crippen LogP contribution in [-0.2, 0) is 13.6 Å². The number of carbonyl (C=O) groups excluding carboxylic acids is 1. The summed E-state index contributed by atoms with van der Waals surface area (Å²) < 4.78 is 1.39. The number of amides is 2. The van der Waals surface area contributed by atoms with Crippen molar-refractivity contribution in [3.05, 3.63) is 52.2 Å². The Bertz CT molecular complexity index is 769. The van der Waals surface area contributed by atoms with Gasteiger partial charge in [-0.05, 0) is 18.9 Å². The second-order valence-corrected chi connectivity index (χ2v) is 6.49. The molecule has 1 fully saturated rings. The van der Waals surface area contributed by atoms with Crippen molar-refractivity contribution in [2.24, 2.45) is 7.05 Å². The van der Waals surface area contributed by atoms with Gasteiger partial charge < -0.3 is 10.6 Å². The smallest absolute Gasteiger partial charge is 0.334 e. The molecule has 8 heteroatoms. The lowest BCUT2D eigenvalue weighted by Crippen LogP contribution is -2.44. The number of urea groups is 1. The van der Waals surface area contributed by atoms with Crippen LogP contribution in [0.5, 0.6) is 0 Å². The molecule has 0 radical (unpaired) electrons. The highest BCUT2D eigenvalue weighted by molar-refractivity contribution is 5.74. The summed E-state index contributed by atoms with van der Waals surface area (Å²) in [5.41, 5.74) is 0.983. The van der Waals surface area contributed by atoms with Crippen LogP contribution in [0, 0.1) is 0 Å². The number of hydrogen-bond acceptors (Lipinski definition) is 4. The number of hydrogen-bond donors (Lipinski definition) is 3. The lowest BCUT2D eigenvalue weighted by molar-refractivity contribution is 0.232. The molecule has 0 saturated carbocycles. The van der Waals surface area contributed by atoms with Gasteiger partial charge in [-0.3, -0.25) is 9.47 Å². The molecule has 1 aromatic carbocycles. The highest BCUT2D eigenvalue weighted by Gasteiger charge is 2.24. The minimum Gasteiger partial charge on any atom is -0.334 e. The van der Waals surface area contributed by atoms with Crippen molar-refractivity contribution in [3.63, 3.8) is 0 Å². The number of carbonyl (C=O) groups is 1. The van der Waals surface area contributed by atoms with Crippen LogP contribution in [0.2, 0.25) is 0 Å². The normalized spacial score (nSPS) is 18.9. The van der Waals surface area contributed by atoms with Crippen molar-refractivity contribution in [2.75, 3.05) is 13.1 Å². The van der Waals surface area contributed by atoms with Crippen LogP contribution in [0.4, 0.5) is 4.79 Å². The third-order valence-electron chi connectivity index (χ3n) is 4.51. The van der Waals surface area contributed by atoms with Gasteiger partial charge >= 0.3 is 11.7 Å². The number of aromatic amines is 1. The van der Waals surface area contributed by atoms with Crippen molar-refractivity contribution in [2.45, 2.75) is 32.0 Å². The fourth-order valence-electron chi connectivity index (χ4n) is 3.17. The summed E-state index contributed by atoms with van der Waals surface area (Å²) in [6.45, 7) is 4.48. The summed E-state index contributed by atoms with van der Waals surface area (Å²) in [7, 11) is 1.62. The first-order valence-corrected chi connectivity index (χ1v) is 8.47. The number of likely N-dealkylation sites (tertiary alicyclic amines) is 1. The molecule has 1 saturated heterocycles. The summed E-state index contributed by atoms with van der Waals surface area (Å²) in [5, 5.41) is 12.1. The van der Waals surface area contributed by atoms with Crippen LogP contribution >= 0.6 is 0 Å². The van der Waals surface area contributed by atoms with Gasteiger partial charge in [0.2, 0.25) is 0 Å². The van der Waals surface area contributed by atoms with E-state index in [9.17, 15) is 9.59 Å². The van der Waals surface area contributed by atoms with Crippen molar-refractivity contribution in [1.29, 1.82) is 0 Å². The highest BCUT2D eigenvalue weighted by Crippen LogP contribution is 2.13. The highest BCUT2D eigenvalue weighted by atomic mass is 16.2. The van der Waals surface area contributed by atoms with E-state index < -0.39 is 0 Å². The molecule has 134 valence electrons. The van der Waals surface area contributed by atoms with Crippen LogP contribution in [-0.4, -0.2) is 44.8 Å². The quantitative estimate of drug-likeness (QED) is 0.746. The fourth-order valence-corrected chi connectivity index (χ4v) is 3.17. The van der Waals surface area contributed by atoms with Crippen LogP contribution in [0.1, 0.15) is 30.8 Å². The van der Waals surface area contributed by atoms with Crippen molar-refractivity contribution < 1.29 is 4.79 Å². The first-order valence-electron chi connectivity index (χ1n) is 8.47. The zero-order chi connectivity index (χ0) is 17.8. The zero-order valence-electron chi connectivity index (χ0n) is 14.5. The molecule has 8 nitrogen and oxygen atoms in total. The third kappa shape index (κ3) is 4.27. The molecule has 1 aliphatic rings. The van der Waals surface area contributed by atoms with Gasteiger partial charge in [-0.25, -0.2) is 14.7 Å². The molecular weight excluding hydrogens is 320 g/mol. The first kappa shape index (κ1) is 17.2. The van der Waals surface area contributed by atoms with Crippen molar-refractivity contribution >= 4 is 6.03 Å². The Labute approximate surface area is 146 Å². The van der Waals surface area contributed by atoms with E-state index in [0.717, 1.165) is 26.1 Å². The summed E-state index contributed by atoms with van der Waals surface area (Å²) in [5.74, 6) is 0.497. The summed E-state index contributed by atoms with van der Waals surface area (Å²) in [6.07, 6.45) is 0.926. The molecule has 0 aliphatic carbocycles. The topological polar surface area (TPSA) is 95.1 Å².